The number of amides is 4. The van der Waals surface area contributed by atoms with Gasteiger partial charge in [0.15, 0.2) is 11.5 Å². The van der Waals surface area contributed by atoms with Crippen molar-refractivity contribution in [3.05, 3.63) is 41.4 Å². The van der Waals surface area contributed by atoms with Crippen LogP contribution in [-0.4, -0.2) is 47.0 Å². The van der Waals surface area contributed by atoms with Gasteiger partial charge < -0.3 is 25.5 Å². The number of nitrogens with one attached hydrogen (secondary N) is 3. The molecule has 14 heteroatoms. The zero-order valence-corrected chi connectivity index (χ0v) is 19.2. The lowest BCUT2D eigenvalue weighted by atomic mass is 10.0. The van der Waals surface area contributed by atoms with Gasteiger partial charge in [0.1, 0.15) is 22.5 Å². The monoisotopic (exact) mass is 506 g/mol. The highest BCUT2D eigenvalue weighted by atomic mass is 19.4. The van der Waals surface area contributed by atoms with Crippen molar-refractivity contribution in [3.8, 4) is 17.2 Å². The summed E-state index contributed by atoms with van der Waals surface area (Å²) in [5.74, 6) is -1.32. The molecule has 3 aromatic rings. The fraction of sp³-hybridized carbons (Fsp3) is 0.318. The second kappa shape index (κ2) is 8.78. The van der Waals surface area contributed by atoms with Crippen molar-refractivity contribution in [1.29, 1.82) is 0 Å². The van der Waals surface area contributed by atoms with E-state index >= 15 is 0 Å². The lowest BCUT2D eigenvalue weighted by Crippen LogP contribution is -2.52. The zero-order chi connectivity index (χ0) is 26.4. The Hall–Kier alpha value is -4.20. The van der Waals surface area contributed by atoms with Crippen LogP contribution in [0.4, 0.5) is 18.0 Å². The number of fused-ring (bicyclic) bond motifs is 1. The van der Waals surface area contributed by atoms with Crippen molar-refractivity contribution in [2.24, 2.45) is 5.73 Å². The van der Waals surface area contributed by atoms with Crippen LogP contribution >= 0.6 is 0 Å². The first-order valence-corrected chi connectivity index (χ1v) is 10.6. The topological polar surface area (TPSA) is 161 Å². The number of nitrogens with two attached hydrogens (primary N) is 1. The van der Waals surface area contributed by atoms with E-state index in [1.54, 1.807) is 6.92 Å². The van der Waals surface area contributed by atoms with Crippen molar-refractivity contribution < 1.29 is 36.7 Å². The molecule has 0 saturated carbocycles. The molecule has 1 aliphatic heterocycles. The maximum absolute atomic E-state index is 13.2. The van der Waals surface area contributed by atoms with Crippen molar-refractivity contribution >= 4 is 28.7 Å². The molecule has 0 bridgehead atoms. The molecule has 0 radical (unpaired) electrons. The Balaban J connectivity index is 1.73. The SMILES string of the molecule is COc1ccc(-c2nc(C(=O)NCC3(C)NC(=O)NC3=O)c([C@H](C)N)o2)c2ccc(C(F)(F)F)nc12. The van der Waals surface area contributed by atoms with E-state index in [2.05, 4.69) is 25.9 Å². The summed E-state index contributed by atoms with van der Waals surface area (Å²) >= 11 is 0. The number of oxazole rings is 1. The lowest BCUT2D eigenvalue weighted by molar-refractivity contribution is -0.141. The van der Waals surface area contributed by atoms with Gasteiger partial charge in [0, 0.05) is 17.5 Å². The maximum atomic E-state index is 13.2. The fourth-order valence-corrected chi connectivity index (χ4v) is 3.66. The van der Waals surface area contributed by atoms with Gasteiger partial charge in [-0.15, -0.1) is 0 Å². The number of carbonyl (C=O) groups excluding carboxylic acids is 3. The third-order valence-corrected chi connectivity index (χ3v) is 5.56. The van der Waals surface area contributed by atoms with E-state index in [4.69, 9.17) is 14.9 Å². The number of pyridine rings is 1. The minimum absolute atomic E-state index is 0.0106. The molecular formula is C22H21F3N6O5. The average molecular weight is 506 g/mol. The summed E-state index contributed by atoms with van der Waals surface area (Å²) in [6.07, 6.45) is -4.67. The fourth-order valence-electron chi connectivity index (χ4n) is 3.66. The molecular weight excluding hydrogens is 485 g/mol. The molecule has 4 rings (SSSR count). The molecule has 11 nitrogen and oxygen atoms in total. The van der Waals surface area contributed by atoms with Crippen LogP contribution in [0.3, 0.4) is 0 Å². The van der Waals surface area contributed by atoms with E-state index in [9.17, 15) is 27.6 Å². The van der Waals surface area contributed by atoms with Crippen LogP contribution in [0.5, 0.6) is 5.75 Å². The van der Waals surface area contributed by atoms with Crippen LogP contribution in [0.1, 0.15) is 41.8 Å². The van der Waals surface area contributed by atoms with Gasteiger partial charge in [-0.3, -0.25) is 14.9 Å². The van der Waals surface area contributed by atoms with Crippen molar-refractivity contribution in [2.75, 3.05) is 13.7 Å². The molecule has 1 aromatic carbocycles. The number of methoxy groups -OCH3 is 1. The van der Waals surface area contributed by atoms with Crippen molar-refractivity contribution in [3.63, 3.8) is 0 Å². The molecule has 190 valence electrons. The van der Waals surface area contributed by atoms with Gasteiger partial charge in [0.2, 0.25) is 5.89 Å². The number of alkyl halides is 3. The van der Waals surface area contributed by atoms with Gasteiger partial charge in [-0.25, -0.2) is 14.8 Å². The number of rotatable bonds is 6. The normalized spacial score (nSPS) is 18.6. The predicted molar refractivity (Wildman–Crippen MR) is 119 cm³/mol. The number of urea groups is 1. The van der Waals surface area contributed by atoms with Gasteiger partial charge in [-0.05, 0) is 38.1 Å². The number of benzene rings is 1. The van der Waals surface area contributed by atoms with Crippen molar-refractivity contribution in [2.45, 2.75) is 31.6 Å². The molecule has 1 fully saturated rings. The molecule has 3 heterocycles. The Bertz CT molecular complexity index is 1390. The van der Waals surface area contributed by atoms with E-state index in [1.807, 2.05) is 0 Å². The third kappa shape index (κ3) is 4.42. The molecule has 5 N–H and O–H groups in total. The van der Waals surface area contributed by atoms with E-state index in [1.165, 1.54) is 32.2 Å². The highest BCUT2D eigenvalue weighted by molar-refractivity contribution is 6.07. The number of hydrogen-bond donors (Lipinski definition) is 4. The number of halogens is 3. The Labute approximate surface area is 201 Å². The average Bonchev–Trinajstić information content (AvgIpc) is 3.36. The van der Waals surface area contributed by atoms with Crippen LogP contribution in [-0.2, 0) is 11.0 Å². The molecule has 1 aliphatic rings. The Morgan fingerprint density at radius 1 is 1.25 bits per heavy atom. The summed E-state index contributed by atoms with van der Waals surface area (Å²) in [6, 6.07) is 3.47. The van der Waals surface area contributed by atoms with Gasteiger partial charge in [-0.1, -0.05) is 0 Å². The first kappa shape index (κ1) is 24.9. The van der Waals surface area contributed by atoms with Gasteiger partial charge >= 0.3 is 12.2 Å². The number of hydrogen-bond acceptors (Lipinski definition) is 8. The summed E-state index contributed by atoms with van der Waals surface area (Å²) < 4.78 is 50.6. The van der Waals surface area contributed by atoms with Crippen LogP contribution in [0.2, 0.25) is 0 Å². The Kier molecular flexibility index (Phi) is 6.08. The van der Waals surface area contributed by atoms with Crippen LogP contribution in [0.25, 0.3) is 22.4 Å². The first-order valence-electron chi connectivity index (χ1n) is 10.6. The number of carbonyl (C=O) groups is 3. The standard InChI is InChI=1S/C22H21F3N6O5/c1-9(26)16-15(17(32)27-8-21(2)19(33)30-20(34)31-21)29-18(36-16)11-4-6-12(35-3)14-10(11)5-7-13(28-14)22(23,24)25/h4-7,9H,8,26H2,1-3H3,(H,27,32)(H2,30,31,33,34)/t9-,21?/m0/s1. The van der Waals surface area contributed by atoms with Crippen LogP contribution in [0.15, 0.2) is 28.7 Å². The van der Waals surface area contributed by atoms with E-state index < -0.39 is 41.3 Å². The Morgan fingerprint density at radius 3 is 2.56 bits per heavy atom. The van der Waals surface area contributed by atoms with E-state index in [0.29, 0.717) is 0 Å². The van der Waals surface area contributed by atoms with Gasteiger partial charge in [0.05, 0.1) is 13.2 Å². The van der Waals surface area contributed by atoms with Crippen LogP contribution < -0.4 is 26.4 Å². The maximum Gasteiger partial charge on any atom is 0.433 e. The summed E-state index contributed by atoms with van der Waals surface area (Å²) in [4.78, 5) is 44.3. The summed E-state index contributed by atoms with van der Waals surface area (Å²) in [5, 5.41) is 7.27. The summed E-state index contributed by atoms with van der Waals surface area (Å²) in [6.45, 7) is 2.73. The molecule has 2 atom stereocenters. The summed E-state index contributed by atoms with van der Waals surface area (Å²) in [5.41, 5.74) is 3.48. The molecule has 1 saturated heterocycles. The van der Waals surface area contributed by atoms with E-state index in [-0.39, 0.29) is 46.1 Å². The number of aromatic nitrogens is 2. The van der Waals surface area contributed by atoms with Gasteiger partial charge in [-0.2, -0.15) is 13.2 Å². The number of ether oxygens (including phenoxy) is 1. The van der Waals surface area contributed by atoms with Gasteiger partial charge in [0.25, 0.3) is 11.8 Å². The molecule has 2 aromatic heterocycles. The molecule has 4 amide bonds. The van der Waals surface area contributed by atoms with E-state index in [0.717, 1.165) is 6.07 Å². The predicted octanol–water partition coefficient (Wildman–Crippen LogP) is 2.26. The quantitative estimate of drug-likeness (QED) is 0.370. The third-order valence-electron chi connectivity index (χ3n) is 5.56. The lowest BCUT2D eigenvalue weighted by Gasteiger charge is -2.20. The van der Waals surface area contributed by atoms with Crippen molar-refractivity contribution in [1.82, 2.24) is 25.9 Å². The first-order chi connectivity index (χ1) is 16.8. The smallest absolute Gasteiger partial charge is 0.433 e. The molecule has 1 unspecified atom stereocenters. The molecule has 36 heavy (non-hydrogen) atoms. The Morgan fingerprint density at radius 2 is 1.97 bits per heavy atom. The number of imide groups is 1. The highest BCUT2D eigenvalue weighted by Crippen LogP contribution is 2.37. The second-order valence-corrected chi connectivity index (χ2v) is 8.35. The minimum atomic E-state index is -4.67. The molecule has 0 aliphatic carbocycles. The molecule has 0 spiro atoms. The highest BCUT2D eigenvalue weighted by Gasteiger charge is 2.42. The zero-order valence-electron chi connectivity index (χ0n) is 19.2. The second-order valence-electron chi connectivity index (χ2n) is 8.35. The largest absolute Gasteiger partial charge is 0.494 e. The van der Waals surface area contributed by atoms with Crippen LogP contribution in [0, 0.1) is 0 Å². The number of nitrogens with zero attached hydrogens (tertiary/aromatic N) is 2. The summed E-state index contributed by atoms with van der Waals surface area (Å²) in [7, 11) is 1.30. The minimum Gasteiger partial charge on any atom is -0.494 e.